The molecule has 3 aromatic rings. The molecule has 0 unspecified atom stereocenters. The van der Waals surface area contributed by atoms with Crippen molar-refractivity contribution < 1.29 is 4.79 Å². The summed E-state index contributed by atoms with van der Waals surface area (Å²) in [6.45, 7) is 1.03. The van der Waals surface area contributed by atoms with Crippen molar-refractivity contribution in [3.63, 3.8) is 0 Å². The standard InChI is InChI=1S/C20H17Cl2N3O/c21-18-8-7-17(19(22)10-18)12-23-20(26)9-6-16-11-24-25(14-16)13-15-4-2-1-3-5-15/h1-11,14H,12-13H2,(H,23,26)/b9-6+. The van der Waals surface area contributed by atoms with E-state index in [2.05, 4.69) is 10.4 Å². The van der Waals surface area contributed by atoms with Crippen LogP contribution >= 0.6 is 23.2 Å². The van der Waals surface area contributed by atoms with Crippen molar-refractivity contribution in [3.8, 4) is 0 Å². The van der Waals surface area contributed by atoms with Crippen LogP contribution in [0.1, 0.15) is 16.7 Å². The number of amides is 1. The average Bonchev–Trinajstić information content (AvgIpc) is 3.07. The topological polar surface area (TPSA) is 46.9 Å². The number of carbonyl (C=O) groups excluding carboxylic acids is 1. The van der Waals surface area contributed by atoms with Gasteiger partial charge >= 0.3 is 0 Å². The molecule has 1 amide bonds. The van der Waals surface area contributed by atoms with E-state index in [1.807, 2.05) is 41.2 Å². The summed E-state index contributed by atoms with van der Waals surface area (Å²) in [5.41, 5.74) is 2.85. The number of benzene rings is 2. The van der Waals surface area contributed by atoms with Crippen LogP contribution in [0.3, 0.4) is 0 Å². The number of aromatic nitrogens is 2. The molecule has 0 atom stereocenters. The monoisotopic (exact) mass is 385 g/mol. The number of nitrogens with one attached hydrogen (secondary N) is 1. The van der Waals surface area contributed by atoms with Crippen molar-refractivity contribution >= 4 is 35.2 Å². The molecule has 0 radical (unpaired) electrons. The maximum Gasteiger partial charge on any atom is 0.244 e. The fourth-order valence-corrected chi connectivity index (χ4v) is 2.88. The van der Waals surface area contributed by atoms with Gasteiger partial charge in [0.1, 0.15) is 0 Å². The third-order valence-corrected chi connectivity index (χ3v) is 4.32. The summed E-state index contributed by atoms with van der Waals surface area (Å²) in [4.78, 5) is 12.0. The summed E-state index contributed by atoms with van der Waals surface area (Å²) in [5, 5.41) is 8.20. The molecule has 1 heterocycles. The zero-order chi connectivity index (χ0) is 18.4. The minimum atomic E-state index is -0.202. The summed E-state index contributed by atoms with van der Waals surface area (Å²) >= 11 is 11.9. The second-order valence-corrected chi connectivity index (χ2v) is 6.59. The van der Waals surface area contributed by atoms with Gasteiger partial charge in [0, 0.05) is 34.4 Å². The molecule has 4 nitrogen and oxygen atoms in total. The number of carbonyl (C=O) groups is 1. The van der Waals surface area contributed by atoms with Gasteiger partial charge in [-0.1, -0.05) is 59.6 Å². The lowest BCUT2D eigenvalue weighted by Gasteiger charge is -2.05. The fraction of sp³-hybridized carbons (Fsp3) is 0.100. The Morgan fingerprint density at radius 1 is 1.15 bits per heavy atom. The van der Waals surface area contributed by atoms with Crippen LogP contribution in [0.4, 0.5) is 0 Å². The zero-order valence-electron chi connectivity index (χ0n) is 13.9. The summed E-state index contributed by atoms with van der Waals surface area (Å²) in [6, 6.07) is 15.3. The van der Waals surface area contributed by atoms with Crippen molar-refractivity contribution in [2.75, 3.05) is 0 Å². The smallest absolute Gasteiger partial charge is 0.244 e. The Hall–Kier alpha value is -2.56. The number of nitrogens with zero attached hydrogens (tertiary/aromatic N) is 2. The Morgan fingerprint density at radius 3 is 2.73 bits per heavy atom. The molecule has 6 heteroatoms. The van der Waals surface area contributed by atoms with Crippen LogP contribution in [0.15, 0.2) is 67.0 Å². The quantitative estimate of drug-likeness (QED) is 0.631. The molecule has 1 aromatic heterocycles. The van der Waals surface area contributed by atoms with Gasteiger partial charge in [0.15, 0.2) is 0 Å². The van der Waals surface area contributed by atoms with E-state index >= 15 is 0 Å². The van der Waals surface area contributed by atoms with Gasteiger partial charge in [-0.15, -0.1) is 0 Å². The second kappa shape index (κ2) is 8.70. The lowest BCUT2D eigenvalue weighted by Crippen LogP contribution is -2.20. The van der Waals surface area contributed by atoms with E-state index < -0.39 is 0 Å². The third kappa shape index (κ3) is 5.22. The molecule has 1 N–H and O–H groups in total. The van der Waals surface area contributed by atoms with E-state index in [0.29, 0.717) is 23.1 Å². The first-order chi connectivity index (χ1) is 12.6. The maximum atomic E-state index is 12.0. The largest absolute Gasteiger partial charge is 0.348 e. The molecular formula is C20H17Cl2N3O. The summed E-state index contributed by atoms with van der Waals surface area (Å²) in [5.74, 6) is -0.202. The molecule has 0 aliphatic rings. The minimum Gasteiger partial charge on any atom is -0.348 e. The van der Waals surface area contributed by atoms with Crippen molar-refractivity contribution in [2.24, 2.45) is 0 Å². The number of halogens is 2. The maximum absolute atomic E-state index is 12.0. The number of hydrogen-bond donors (Lipinski definition) is 1. The first-order valence-electron chi connectivity index (χ1n) is 8.06. The molecule has 0 fully saturated rings. The Balaban J connectivity index is 1.53. The van der Waals surface area contributed by atoms with E-state index in [-0.39, 0.29) is 5.91 Å². The van der Waals surface area contributed by atoms with Gasteiger partial charge in [-0.25, -0.2) is 0 Å². The summed E-state index contributed by atoms with van der Waals surface area (Å²) in [6.07, 6.45) is 6.83. The SMILES string of the molecule is O=C(/C=C/c1cnn(Cc2ccccc2)c1)NCc1ccc(Cl)cc1Cl. The van der Waals surface area contributed by atoms with E-state index in [1.54, 1.807) is 30.5 Å². The molecule has 0 spiro atoms. The van der Waals surface area contributed by atoms with Crippen LogP contribution in [0.5, 0.6) is 0 Å². The summed E-state index contributed by atoms with van der Waals surface area (Å²) in [7, 11) is 0. The van der Waals surface area contributed by atoms with Crippen molar-refractivity contribution in [3.05, 3.63) is 93.7 Å². The first kappa shape index (κ1) is 18.2. The van der Waals surface area contributed by atoms with E-state index in [9.17, 15) is 4.79 Å². The van der Waals surface area contributed by atoms with Crippen LogP contribution in [-0.2, 0) is 17.9 Å². The molecule has 3 rings (SSSR count). The normalized spacial score (nSPS) is 11.0. The van der Waals surface area contributed by atoms with Gasteiger partial charge in [-0.2, -0.15) is 5.10 Å². The van der Waals surface area contributed by atoms with Gasteiger partial charge in [-0.3, -0.25) is 9.48 Å². The van der Waals surface area contributed by atoms with E-state index in [4.69, 9.17) is 23.2 Å². The molecular weight excluding hydrogens is 369 g/mol. The third-order valence-electron chi connectivity index (χ3n) is 3.74. The Bertz CT molecular complexity index is 920. The Labute approximate surface area is 162 Å². The van der Waals surface area contributed by atoms with Crippen LogP contribution in [-0.4, -0.2) is 15.7 Å². The highest BCUT2D eigenvalue weighted by molar-refractivity contribution is 6.35. The van der Waals surface area contributed by atoms with Gasteiger partial charge in [0.25, 0.3) is 0 Å². The van der Waals surface area contributed by atoms with Gasteiger partial charge in [0.05, 0.1) is 12.7 Å². The average molecular weight is 386 g/mol. The molecule has 0 aliphatic carbocycles. The Morgan fingerprint density at radius 2 is 1.96 bits per heavy atom. The van der Waals surface area contributed by atoms with Crippen LogP contribution in [0, 0.1) is 0 Å². The number of hydrogen-bond acceptors (Lipinski definition) is 2. The fourth-order valence-electron chi connectivity index (χ4n) is 2.40. The lowest BCUT2D eigenvalue weighted by molar-refractivity contribution is -0.116. The minimum absolute atomic E-state index is 0.202. The van der Waals surface area contributed by atoms with Gasteiger partial charge in [0.2, 0.25) is 5.91 Å². The predicted octanol–water partition coefficient (Wildman–Crippen LogP) is 4.57. The molecule has 0 saturated carbocycles. The summed E-state index contributed by atoms with van der Waals surface area (Å²) < 4.78 is 1.83. The molecule has 0 bridgehead atoms. The van der Waals surface area contributed by atoms with Crippen molar-refractivity contribution in [1.82, 2.24) is 15.1 Å². The molecule has 26 heavy (non-hydrogen) atoms. The van der Waals surface area contributed by atoms with Gasteiger partial charge < -0.3 is 5.32 Å². The van der Waals surface area contributed by atoms with E-state index in [1.165, 1.54) is 11.6 Å². The molecule has 132 valence electrons. The van der Waals surface area contributed by atoms with E-state index in [0.717, 1.165) is 11.1 Å². The Kier molecular flexibility index (Phi) is 6.10. The predicted molar refractivity (Wildman–Crippen MR) is 105 cm³/mol. The highest BCUT2D eigenvalue weighted by Gasteiger charge is 2.03. The lowest BCUT2D eigenvalue weighted by atomic mass is 10.2. The highest BCUT2D eigenvalue weighted by atomic mass is 35.5. The molecule has 0 saturated heterocycles. The first-order valence-corrected chi connectivity index (χ1v) is 8.82. The van der Waals surface area contributed by atoms with Crippen molar-refractivity contribution in [1.29, 1.82) is 0 Å². The van der Waals surface area contributed by atoms with Crippen molar-refractivity contribution in [2.45, 2.75) is 13.1 Å². The number of rotatable bonds is 6. The highest BCUT2D eigenvalue weighted by Crippen LogP contribution is 2.20. The van der Waals surface area contributed by atoms with Crippen LogP contribution in [0.25, 0.3) is 6.08 Å². The second-order valence-electron chi connectivity index (χ2n) is 5.74. The van der Waals surface area contributed by atoms with Crippen LogP contribution < -0.4 is 5.32 Å². The van der Waals surface area contributed by atoms with Gasteiger partial charge in [-0.05, 0) is 29.3 Å². The zero-order valence-corrected chi connectivity index (χ0v) is 15.4. The molecule has 2 aromatic carbocycles. The van der Waals surface area contributed by atoms with Crippen LogP contribution in [0.2, 0.25) is 10.0 Å². The molecule has 0 aliphatic heterocycles.